The highest BCUT2D eigenvalue weighted by molar-refractivity contribution is 5.71. The molecule has 0 aliphatic carbocycles. The Morgan fingerprint density at radius 2 is 2.00 bits per heavy atom. The van der Waals surface area contributed by atoms with Crippen molar-refractivity contribution in [2.24, 2.45) is 0 Å². The third kappa shape index (κ3) is 2.80. The van der Waals surface area contributed by atoms with Crippen LogP contribution >= 0.6 is 0 Å². The first-order valence-electron chi connectivity index (χ1n) is 7.09. The molecule has 2 aromatic rings. The molecule has 0 unspecified atom stereocenters. The van der Waals surface area contributed by atoms with E-state index in [0.717, 1.165) is 48.7 Å². The van der Waals surface area contributed by atoms with Gasteiger partial charge in [0.25, 0.3) is 0 Å². The maximum absolute atomic E-state index is 6.30. The predicted molar refractivity (Wildman–Crippen MR) is 81.1 cm³/mol. The minimum atomic E-state index is 0.802. The summed E-state index contributed by atoms with van der Waals surface area (Å²) < 4.78 is 2.17. The molecule has 0 amide bonds. The predicted octanol–water partition coefficient (Wildman–Crippen LogP) is 3.80. The number of nitrogens with zero attached hydrogens (tertiary/aromatic N) is 2. The van der Waals surface area contributed by atoms with Crippen LogP contribution in [-0.4, -0.2) is 9.55 Å². The van der Waals surface area contributed by atoms with E-state index in [9.17, 15) is 0 Å². The van der Waals surface area contributed by atoms with E-state index in [-0.39, 0.29) is 0 Å². The maximum atomic E-state index is 6.30. The van der Waals surface area contributed by atoms with E-state index >= 15 is 0 Å². The molecule has 0 radical (unpaired) electrons. The Morgan fingerprint density at radius 1 is 1.21 bits per heavy atom. The van der Waals surface area contributed by atoms with Gasteiger partial charge in [-0.2, -0.15) is 0 Å². The lowest BCUT2D eigenvalue weighted by Gasteiger charge is -2.07. The maximum Gasteiger partial charge on any atom is 0.131 e. The van der Waals surface area contributed by atoms with Crippen LogP contribution in [0.4, 0.5) is 5.82 Å². The molecule has 0 aliphatic heterocycles. The van der Waals surface area contributed by atoms with Gasteiger partial charge in [0.15, 0.2) is 0 Å². The number of nitrogen functional groups attached to an aromatic ring is 1. The van der Waals surface area contributed by atoms with Crippen molar-refractivity contribution < 1.29 is 0 Å². The largest absolute Gasteiger partial charge is 0.383 e. The van der Waals surface area contributed by atoms with Crippen molar-refractivity contribution in [2.75, 3.05) is 5.73 Å². The summed E-state index contributed by atoms with van der Waals surface area (Å²) >= 11 is 0. The van der Waals surface area contributed by atoms with Crippen LogP contribution in [0.1, 0.15) is 38.1 Å². The molecule has 0 atom stereocenters. The third-order valence-electron chi connectivity index (χ3n) is 3.30. The number of anilines is 1. The SMILES string of the molecule is CCCc1nc(-c2cccc(C)c2)c(N)n1CCC. The number of hydrogen-bond acceptors (Lipinski definition) is 2. The van der Waals surface area contributed by atoms with Crippen LogP contribution < -0.4 is 5.73 Å². The molecule has 19 heavy (non-hydrogen) atoms. The molecule has 0 bridgehead atoms. The van der Waals surface area contributed by atoms with Crippen molar-refractivity contribution in [3.05, 3.63) is 35.7 Å². The van der Waals surface area contributed by atoms with Gasteiger partial charge in [-0.25, -0.2) is 4.98 Å². The highest BCUT2D eigenvalue weighted by Gasteiger charge is 2.15. The normalized spacial score (nSPS) is 10.9. The number of aryl methyl sites for hydroxylation is 2. The first-order valence-corrected chi connectivity index (χ1v) is 7.09. The van der Waals surface area contributed by atoms with Crippen molar-refractivity contribution in [1.82, 2.24) is 9.55 Å². The van der Waals surface area contributed by atoms with Crippen molar-refractivity contribution in [3.8, 4) is 11.3 Å². The Kier molecular flexibility index (Phi) is 4.25. The van der Waals surface area contributed by atoms with Gasteiger partial charge in [-0.1, -0.05) is 37.6 Å². The summed E-state index contributed by atoms with van der Waals surface area (Å²) in [4.78, 5) is 4.77. The summed E-state index contributed by atoms with van der Waals surface area (Å²) in [6, 6.07) is 8.38. The molecule has 3 nitrogen and oxygen atoms in total. The van der Waals surface area contributed by atoms with Gasteiger partial charge in [0.2, 0.25) is 0 Å². The van der Waals surface area contributed by atoms with Crippen LogP contribution in [0.5, 0.6) is 0 Å². The lowest BCUT2D eigenvalue weighted by molar-refractivity contribution is 0.637. The van der Waals surface area contributed by atoms with E-state index in [2.05, 4.69) is 49.6 Å². The van der Waals surface area contributed by atoms with Gasteiger partial charge in [-0.05, 0) is 25.8 Å². The van der Waals surface area contributed by atoms with Crippen molar-refractivity contribution >= 4 is 5.82 Å². The summed E-state index contributed by atoms with van der Waals surface area (Å²) in [5, 5.41) is 0. The van der Waals surface area contributed by atoms with Gasteiger partial charge >= 0.3 is 0 Å². The van der Waals surface area contributed by atoms with Crippen molar-refractivity contribution in [2.45, 2.75) is 46.6 Å². The molecule has 102 valence electrons. The molecule has 0 spiro atoms. The second-order valence-corrected chi connectivity index (χ2v) is 5.03. The second kappa shape index (κ2) is 5.91. The number of rotatable bonds is 5. The first kappa shape index (κ1) is 13.7. The smallest absolute Gasteiger partial charge is 0.131 e. The highest BCUT2D eigenvalue weighted by atomic mass is 15.1. The molecule has 1 heterocycles. The zero-order valence-corrected chi connectivity index (χ0v) is 12.1. The third-order valence-corrected chi connectivity index (χ3v) is 3.30. The zero-order chi connectivity index (χ0) is 13.8. The Bertz CT molecular complexity index is 555. The van der Waals surface area contributed by atoms with Gasteiger partial charge in [0.05, 0.1) is 0 Å². The number of hydrogen-bond donors (Lipinski definition) is 1. The van der Waals surface area contributed by atoms with Crippen LogP contribution in [0.3, 0.4) is 0 Å². The summed E-state index contributed by atoms with van der Waals surface area (Å²) in [5.41, 5.74) is 9.58. The summed E-state index contributed by atoms with van der Waals surface area (Å²) in [6.07, 6.45) is 3.15. The average molecular weight is 257 g/mol. The van der Waals surface area contributed by atoms with Gasteiger partial charge in [-0.3, -0.25) is 0 Å². The number of aromatic nitrogens is 2. The Balaban J connectivity index is 2.49. The molecule has 0 aliphatic rings. The molecular weight excluding hydrogens is 234 g/mol. The van der Waals surface area contributed by atoms with E-state index in [4.69, 9.17) is 10.7 Å². The van der Waals surface area contributed by atoms with Crippen LogP contribution in [0, 0.1) is 6.92 Å². The van der Waals surface area contributed by atoms with Crippen LogP contribution in [0.15, 0.2) is 24.3 Å². The second-order valence-electron chi connectivity index (χ2n) is 5.03. The molecule has 1 aromatic heterocycles. The molecule has 1 aromatic carbocycles. The van der Waals surface area contributed by atoms with Crippen molar-refractivity contribution in [3.63, 3.8) is 0 Å². The first-order chi connectivity index (χ1) is 9.17. The van der Waals surface area contributed by atoms with Gasteiger partial charge in [-0.15, -0.1) is 0 Å². The van der Waals surface area contributed by atoms with Crippen LogP contribution in [0.25, 0.3) is 11.3 Å². The van der Waals surface area contributed by atoms with E-state index < -0.39 is 0 Å². The van der Waals surface area contributed by atoms with Gasteiger partial charge in [0, 0.05) is 18.5 Å². The minimum absolute atomic E-state index is 0.802. The Labute approximate surface area is 115 Å². The standard InChI is InChI=1S/C16H23N3/c1-4-7-14-18-15(16(17)19(14)10-5-2)13-9-6-8-12(3)11-13/h6,8-9,11H,4-5,7,10,17H2,1-3H3. The number of benzene rings is 1. The summed E-state index contributed by atoms with van der Waals surface area (Å²) in [7, 11) is 0. The molecular formula is C16H23N3. The molecule has 0 fully saturated rings. The average Bonchev–Trinajstić information content (AvgIpc) is 2.69. The molecule has 2 rings (SSSR count). The summed E-state index contributed by atoms with van der Waals surface area (Å²) in [5.74, 6) is 1.91. The van der Waals surface area contributed by atoms with Crippen LogP contribution in [-0.2, 0) is 13.0 Å². The van der Waals surface area contributed by atoms with E-state index in [1.165, 1.54) is 5.56 Å². The van der Waals surface area contributed by atoms with E-state index in [1.807, 2.05) is 0 Å². The molecule has 3 heteroatoms. The number of imidazole rings is 1. The van der Waals surface area contributed by atoms with E-state index in [0.29, 0.717) is 0 Å². The number of nitrogens with two attached hydrogens (primary N) is 1. The van der Waals surface area contributed by atoms with Crippen LogP contribution in [0.2, 0.25) is 0 Å². The summed E-state index contributed by atoms with van der Waals surface area (Å²) in [6.45, 7) is 7.38. The Morgan fingerprint density at radius 3 is 2.63 bits per heavy atom. The fourth-order valence-corrected chi connectivity index (χ4v) is 2.41. The quantitative estimate of drug-likeness (QED) is 0.885. The lowest BCUT2D eigenvalue weighted by Crippen LogP contribution is -2.06. The fraction of sp³-hybridized carbons (Fsp3) is 0.438. The monoisotopic (exact) mass is 257 g/mol. The zero-order valence-electron chi connectivity index (χ0n) is 12.1. The van der Waals surface area contributed by atoms with Gasteiger partial charge < -0.3 is 10.3 Å². The molecule has 0 saturated heterocycles. The minimum Gasteiger partial charge on any atom is -0.383 e. The highest BCUT2D eigenvalue weighted by Crippen LogP contribution is 2.27. The molecule has 0 saturated carbocycles. The lowest BCUT2D eigenvalue weighted by atomic mass is 10.1. The Hall–Kier alpha value is -1.77. The topological polar surface area (TPSA) is 43.8 Å². The molecule has 2 N–H and O–H groups in total. The fourth-order valence-electron chi connectivity index (χ4n) is 2.41. The van der Waals surface area contributed by atoms with Crippen molar-refractivity contribution in [1.29, 1.82) is 0 Å². The van der Waals surface area contributed by atoms with Gasteiger partial charge in [0.1, 0.15) is 17.3 Å². The van der Waals surface area contributed by atoms with E-state index in [1.54, 1.807) is 0 Å².